The second-order valence-corrected chi connectivity index (χ2v) is 6.40. The molecule has 0 unspecified atom stereocenters. The molecule has 112 valence electrons. The van der Waals surface area contributed by atoms with Gasteiger partial charge in [0, 0.05) is 11.1 Å². The number of rotatable bonds is 5. The lowest BCUT2D eigenvalue weighted by Crippen LogP contribution is -2.41. The van der Waals surface area contributed by atoms with Crippen LogP contribution in [0.25, 0.3) is 0 Å². The zero-order valence-electron chi connectivity index (χ0n) is 11.0. The van der Waals surface area contributed by atoms with Crippen LogP contribution in [-0.4, -0.2) is 16.9 Å². The molecule has 1 amide bonds. The number of hydrogen-bond donors (Lipinski definition) is 3. The molecule has 5 N–H and O–H groups in total. The van der Waals surface area contributed by atoms with E-state index in [4.69, 9.17) is 34.7 Å². The Kier molecular flexibility index (Phi) is 5.41. The summed E-state index contributed by atoms with van der Waals surface area (Å²) >= 11 is 13.1. The molecule has 0 saturated carbocycles. The maximum Gasteiger partial charge on any atom is 0.237 e. The number of benzene rings is 1. The molecule has 0 saturated heterocycles. The number of carbonyl (C=O) groups excluding carboxylic acids is 1. The molecule has 0 bridgehead atoms. The highest BCUT2D eigenvalue weighted by atomic mass is 35.5. The molecule has 0 aliphatic rings. The number of amides is 1. The molecule has 0 fully saturated rings. The highest BCUT2D eigenvalue weighted by molar-refractivity contribution is 7.15. The normalized spacial score (nSPS) is 12.1. The number of carbonyl (C=O) groups is 1. The molecule has 1 aromatic carbocycles. The smallest absolute Gasteiger partial charge is 0.237 e. The molecule has 2 rings (SSSR count). The summed E-state index contributed by atoms with van der Waals surface area (Å²) in [6.07, 6.45) is 2.01. The molecule has 21 heavy (non-hydrogen) atoms. The van der Waals surface area contributed by atoms with Crippen molar-refractivity contribution in [3.05, 3.63) is 44.9 Å². The third-order valence-corrected chi connectivity index (χ3v) is 4.35. The van der Waals surface area contributed by atoms with Crippen LogP contribution in [0.1, 0.15) is 10.4 Å². The first kappa shape index (κ1) is 16.0. The van der Waals surface area contributed by atoms with Crippen LogP contribution >= 0.6 is 34.5 Å². The Morgan fingerprint density at radius 1 is 1.38 bits per heavy atom. The first-order valence-electron chi connectivity index (χ1n) is 6.13. The minimum absolute atomic E-state index is 0.243. The van der Waals surface area contributed by atoms with Crippen LogP contribution in [0.4, 0.5) is 5.13 Å². The summed E-state index contributed by atoms with van der Waals surface area (Å²) in [5.41, 5.74) is 12.3. The topological polar surface area (TPSA) is 94.0 Å². The number of halogens is 2. The maximum absolute atomic E-state index is 11.9. The van der Waals surface area contributed by atoms with Gasteiger partial charge in [-0.15, -0.1) is 11.3 Å². The molecular formula is C13H14Cl2N4OS. The van der Waals surface area contributed by atoms with E-state index < -0.39 is 6.04 Å². The van der Waals surface area contributed by atoms with Gasteiger partial charge in [-0.1, -0.05) is 29.3 Å². The first-order chi connectivity index (χ1) is 9.95. The van der Waals surface area contributed by atoms with Crippen LogP contribution in [0.2, 0.25) is 10.0 Å². The van der Waals surface area contributed by atoms with Crippen molar-refractivity contribution in [2.75, 3.05) is 5.73 Å². The number of nitrogens with zero attached hydrogens (tertiary/aromatic N) is 1. The Morgan fingerprint density at radius 3 is 2.76 bits per heavy atom. The Hall–Kier alpha value is -1.34. The molecule has 2 aromatic rings. The Morgan fingerprint density at radius 2 is 2.14 bits per heavy atom. The predicted molar refractivity (Wildman–Crippen MR) is 86.5 cm³/mol. The highest BCUT2D eigenvalue weighted by Crippen LogP contribution is 2.23. The number of nitrogen functional groups attached to an aromatic ring is 1. The fourth-order valence-electron chi connectivity index (χ4n) is 1.72. The summed E-state index contributed by atoms with van der Waals surface area (Å²) in [4.78, 5) is 16.7. The van der Waals surface area contributed by atoms with E-state index in [1.807, 2.05) is 0 Å². The van der Waals surface area contributed by atoms with Crippen molar-refractivity contribution in [2.45, 2.75) is 19.0 Å². The molecule has 0 aliphatic carbocycles. The van der Waals surface area contributed by atoms with E-state index in [2.05, 4.69) is 10.3 Å². The molecule has 8 heteroatoms. The molecular weight excluding hydrogens is 331 g/mol. The average Bonchev–Trinajstić information content (AvgIpc) is 2.86. The summed E-state index contributed by atoms with van der Waals surface area (Å²) in [5.74, 6) is -0.243. The van der Waals surface area contributed by atoms with Crippen LogP contribution in [-0.2, 0) is 17.8 Å². The Balaban J connectivity index is 1.88. The van der Waals surface area contributed by atoms with Gasteiger partial charge in [-0.2, -0.15) is 0 Å². The van der Waals surface area contributed by atoms with Crippen LogP contribution in [0.5, 0.6) is 0 Å². The van der Waals surface area contributed by atoms with Crippen molar-refractivity contribution in [1.29, 1.82) is 0 Å². The summed E-state index contributed by atoms with van der Waals surface area (Å²) in [5, 5.41) is 4.14. The van der Waals surface area contributed by atoms with Crippen molar-refractivity contribution >= 4 is 45.6 Å². The van der Waals surface area contributed by atoms with Gasteiger partial charge in [-0.3, -0.25) is 4.79 Å². The minimum atomic E-state index is -0.660. The van der Waals surface area contributed by atoms with E-state index in [9.17, 15) is 4.79 Å². The zero-order chi connectivity index (χ0) is 15.4. The predicted octanol–water partition coefficient (Wildman–Crippen LogP) is 2.22. The van der Waals surface area contributed by atoms with E-state index in [0.29, 0.717) is 28.1 Å². The fraction of sp³-hybridized carbons (Fsp3) is 0.231. The molecule has 1 atom stereocenters. The summed E-state index contributed by atoms with van der Waals surface area (Å²) in [6, 6.07) is 4.53. The number of aromatic nitrogens is 1. The second kappa shape index (κ2) is 7.09. The summed E-state index contributed by atoms with van der Waals surface area (Å²) in [7, 11) is 0. The minimum Gasteiger partial charge on any atom is -0.375 e. The van der Waals surface area contributed by atoms with Gasteiger partial charge in [0.05, 0.1) is 22.6 Å². The van der Waals surface area contributed by atoms with Crippen molar-refractivity contribution < 1.29 is 4.79 Å². The molecule has 1 heterocycles. The zero-order valence-corrected chi connectivity index (χ0v) is 13.3. The Labute approximate surface area is 136 Å². The SMILES string of the molecule is Nc1ncc(CNC(=O)[C@@H](N)Cc2ccc(Cl)c(Cl)c2)s1. The van der Waals surface area contributed by atoms with Crippen LogP contribution in [0.15, 0.2) is 24.4 Å². The third kappa shape index (κ3) is 4.57. The van der Waals surface area contributed by atoms with E-state index in [1.165, 1.54) is 11.3 Å². The van der Waals surface area contributed by atoms with Gasteiger partial charge < -0.3 is 16.8 Å². The standard InChI is InChI=1S/C13H14Cl2N4OS/c14-9-2-1-7(3-10(9)15)4-11(16)12(20)18-5-8-6-19-13(17)21-8/h1-3,6,11H,4-5,16H2,(H2,17,19)(H,18,20)/t11-/m0/s1. The van der Waals surface area contributed by atoms with E-state index in [1.54, 1.807) is 24.4 Å². The van der Waals surface area contributed by atoms with Crippen LogP contribution in [0.3, 0.4) is 0 Å². The van der Waals surface area contributed by atoms with Gasteiger partial charge in [-0.25, -0.2) is 4.98 Å². The van der Waals surface area contributed by atoms with Crippen LogP contribution < -0.4 is 16.8 Å². The first-order valence-corrected chi connectivity index (χ1v) is 7.70. The van der Waals surface area contributed by atoms with Crippen molar-refractivity contribution in [3.8, 4) is 0 Å². The number of nitrogens with one attached hydrogen (secondary N) is 1. The number of nitrogens with two attached hydrogens (primary N) is 2. The largest absolute Gasteiger partial charge is 0.375 e. The van der Waals surface area contributed by atoms with Gasteiger partial charge in [-0.05, 0) is 24.1 Å². The van der Waals surface area contributed by atoms with Crippen molar-refractivity contribution in [3.63, 3.8) is 0 Å². The van der Waals surface area contributed by atoms with Gasteiger partial charge >= 0.3 is 0 Å². The monoisotopic (exact) mass is 344 g/mol. The lowest BCUT2D eigenvalue weighted by molar-refractivity contribution is -0.122. The summed E-state index contributed by atoms with van der Waals surface area (Å²) < 4.78 is 0. The molecule has 0 spiro atoms. The highest BCUT2D eigenvalue weighted by Gasteiger charge is 2.14. The van der Waals surface area contributed by atoms with Crippen molar-refractivity contribution in [2.24, 2.45) is 5.73 Å². The maximum atomic E-state index is 11.9. The van der Waals surface area contributed by atoms with E-state index in [0.717, 1.165) is 10.4 Å². The number of thiazole rings is 1. The van der Waals surface area contributed by atoms with E-state index in [-0.39, 0.29) is 5.91 Å². The average molecular weight is 345 g/mol. The molecule has 0 radical (unpaired) electrons. The lowest BCUT2D eigenvalue weighted by Gasteiger charge is -2.12. The van der Waals surface area contributed by atoms with Gasteiger partial charge in [0.15, 0.2) is 5.13 Å². The summed E-state index contributed by atoms with van der Waals surface area (Å²) in [6.45, 7) is 0.364. The quantitative estimate of drug-likeness (QED) is 0.774. The third-order valence-electron chi connectivity index (χ3n) is 2.78. The lowest BCUT2D eigenvalue weighted by atomic mass is 10.1. The molecule has 5 nitrogen and oxygen atoms in total. The van der Waals surface area contributed by atoms with Gasteiger partial charge in [0.25, 0.3) is 0 Å². The van der Waals surface area contributed by atoms with E-state index >= 15 is 0 Å². The van der Waals surface area contributed by atoms with Gasteiger partial charge in [0.1, 0.15) is 0 Å². The number of hydrogen-bond acceptors (Lipinski definition) is 5. The fourth-order valence-corrected chi connectivity index (χ4v) is 2.67. The van der Waals surface area contributed by atoms with Crippen molar-refractivity contribution in [1.82, 2.24) is 10.3 Å². The molecule has 0 aliphatic heterocycles. The van der Waals surface area contributed by atoms with Crippen LogP contribution in [0, 0.1) is 0 Å². The Bertz CT molecular complexity index is 647. The number of anilines is 1. The second-order valence-electron chi connectivity index (χ2n) is 4.44. The van der Waals surface area contributed by atoms with Gasteiger partial charge in [0.2, 0.25) is 5.91 Å². The molecule has 1 aromatic heterocycles.